The van der Waals surface area contributed by atoms with Crippen LogP contribution in [-0.2, 0) is 11.9 Å². The maximum Gasteiger partial charge on any atom is 0.260 e. The smallest absolute Gasteiger partial charge is 0.260 e. The van der Waals surface area contributed by atoms with Gasteiger partial charge in [0.15, 0.2) is 0 Å². The SMILES string of the molecule is CCON=C(C)c1ccc(-c2ccccc2NC(=O)c2c(C)nn(C)c2Cl)cc1. The number of rotatable bonds is 6. The standard InChI is InChI=1S/C22H23ClN4O2/c1-5-29-26-14(2)16-10-12-17(13-11-16)18-8-6-7-9-19(18)24-22(28)20-15(3)25-27(4)21(20)23/h6-13H,5H2,1-4H3,(H,24,28). The summed E-state index contributed by atoms with van der Waals surface area (Å²) >= 11 is 6.23. The zero-order valence-corrected chi connectivity index (χ0v) is 17.6. The van der Waals surface area contributed by atoms with Gasteiger partial charge in [-0.2, -0.15) is 5.10 Å². The molecule has 1 aromatic heterocycles. The van der Waals surface area contributed by atoms with Crippen molar-refractivity contribution >= 4 is 28.9 Å². The molecule has 0 aliphatic carbocycles. The van der Waals surface area contributed by atoms with E-state index in [0.717, 1.165) is 22.4 Å². The predicted molar refractivity (Wildman–Crippen MR) is 117 cm³/mol. The van der Waals surface area contributed by atoms with Crippen molar-refractivity contribution in [3.05, 3.63) is 70.5 Å². The summed E-state index contributed by atoms with van der Waals surface area (Å²) in [5.41, 5.74) is 5.32. The highest BCUT2D eigenvalue weighted by Crippen LogP contribution is 2.29. The normalized spacial score (nSPS) is 11.4. The molecule has 6 nitrogen and oxygen atoms in total. The summed E-state index contributed by atoms with van der Waals surface area (Å²) in [4.78, 5) is 17.9. The second-order valence-electron chi connectivity index (χ2n) is 6.55. The molecule has 0 radical (unpaired) electrons. The number of aromatic nitrogens is 2. The molecule has 0 atom stereocenters. The van der Waals surface area contributed by atoms with Crippen LogP contribution in [0.1, 0.15) is 35.5 Å². The van der Waals surface area contributed by atoms with Gasteiger partial charge >= 0.3 is 0 Å². The van der Waals surface area contributed by atoms with Crippen molar-refractivity contribution in [1.82, 2.24) is 9.78 Å². The molecule has 3 aromatic rings. The van der Waals surface area contributed by atoms with Crippen LogP contribution < -0.4 is 5.32 Å². The molecule has 7 heteroatoms. The first-order valence-electron chi connectivity index (χ1n) is 9.29. The number of anilines is 1. The molecule has 1 heterocycles. The minimum absolute atomic E-state index is 0.288. The molecule has 0 fully saturated rings. The topological polar surface area (TPSA) is 68.5 Å². The molecule has 2 aromatic carbocycles. The van der Waals surface area contributed by atoms with Crippen LogP contribution in [0.5, 0.6) is 0 Å². The van der Waals surface area contributed by atoms with Crippen molar-refractivity contribution in [3.63, 3.8) is 0 Å². The highest BCUT2D eigenvalue weighted by molar-refractivity contribution is 6.33. The van der Waals surface area contributed by atoms with Crippen molar-refractivity contribution in [2.75, 3.05) is 11.9 Å². The second kappa shape index (κ2) is 8.92. The third kappa shape index (κ3) is 4.49. The van der Waals surface area contributed by atoms with E-state index in [2.05, 4.69) is 15.6 Å². The summed E-state index contributed by atoms with van der Waals surface area (Å²) < 4.78 is 1.49. The molecule has 0 aliphatic heterocycles. The van der Waals surface area contributed by atoms with Crippen LogP contribution in [0.25, 0.3) is 11.1 Å². The van der Waals surface area contributed by atoms with Gasteiger partial charge in [0.25, 0.3) is 5.91 Å². The first-order chi connectivity index (χ1) is 13.9. The molecule has 0 spiro atoms. The highest BCUT2D eigenvalue weighted by atomic mass is 35.5. The van der Waals surface area contributed by atoms with Crippen molar-refractivity contribution in [1.29, 1.82) is 0 Å². The van der Waals surface area contributed by atoms with Crippen LogP contribution in [0.4, 0.5) is 5.69 Å². The lowest BCUT2D eigenvalue weighted by atomic mass is 10.0. The van der Waals surface area contributed by atoms with E-state index >= 15 is 0 Å². The van der Waals surface area contributed by atoms with Gasteiger partial charge in [-0.1, -0.05) is 59.2 Å². The van der Waals surface area contributed by atoms with Gasteiger partial charge in [0.1, 0.15) is 11.8 Å². The average Bonchev–Trinajstić information content (AvgIpc) is 2.98. The van der Waals surface area contributed by atoms with Crippen LogP contribution >= 0.6 is 11.6 Å². The maximum atomic E-state index is 12.8. The van der Waals surface area contributed by atoms with Crippen LogP contribution in [0.3, 0.4) is 0 Å². The van der Waals surface area contributed by atoms with E-state index < -0.39 is 0 Å². The van der Waals surface area contributed by atoms with Gasteiger partial charge in [0, 0.05) is 18.3 Å². The van der Waals surface area contributed by atoms with E-state index in [-0.39, 0.29) is 5.91 Å². The highest BCUT2D eigenvalue weighted by Gasteiger charge is 2.20. The number of carbonyl (C=O) groups is 1. The fourth-order valence-corrected chi connectivity index (χ4v) is 3.28. The van der Waals surface area contributed by atoms with E-state index in [4.69, 9.17) is 16.4 Å². The largest absolute Gasteiger partial charge is 0.396 e. The summed E-state index contributed by atoms with van der Waals surface area (Å²) in [6.45, 7) is 6.09. The molecule has 29 heavy (non-hydrogen) atoms. The minimum atomic E-state index is -0.288. The number of carbonyl (C=O) groups excluding carboxylic acids is 1. The van der Waals surface area contributed by atoms with Gasteiger partial charge in [0.2, 0.25) is 0 Å². The van der Waals surface area contributed by atoms with Gasteiger partial charge in [-0.15, -0.1) is 0 Å². The minimum Gasteiger partial charge on any atom is -0.396 e. The Morgan fingerprint density at radius 2 is 1.90 bits per heavy atom. The Morgan fingerprint density at radius 3 is 2.52 bits per heavy atom. The fourth-order valence-electron chi connectivity index (χ4n) is 3.02. The lowest BCUT2D eigenvalue weighted by Gasteiger charge is -2.12. The molecular formula is C22H23ClN4O2. The molecule has 150 valence electrons. The number of hydrogen-bond acceptors (Lipinski definition) is 4. The number of amides is 1. The molecule has 0 saturated carbocycles. The van der Waals surface area contributed by atoms with Crippen molar-refractivity contribution < 1.29 is 9.63 Å². The molecular weight excluding hydrogens is 388 g/mol. The Kier molecular flexibility index (Phi) is 6.34. The molecule has 1 N–H and O–H groups in total. The first kappa shape index (κ1) is 20.6. The van der Waals surface area contributed by atoms with Crippen molar-refractivity contribution in [2.24, 2.45) is 12.2 Å². The Hall–Kier alpha value is -3.12. The van der Waals surface area contributed by atoms with E-state index in [1.54, 1.807) is 14.0 Å². The quantitative estimate of drug-likeness (QED) is 0.456. The lowest BCUT2D eigenvalue weighted by Crippen LogP contribution is -2.13. The Labute approximate surface area is 175 Å². The van der Waals surface area contributed by atoms with Gasteiger partial charge in [0.05, 0.1) is 17.0 Å². The maximum absolute atomic E-state index is 12.8. The van der Waals surface area contributed by atoms with E-state index in [0.29, 0.717) is 28.7 Å². The number of aryl methyl sites for hydroxylation is 2. The number of nitrogens with one attached hydrogen (secondary N) is 1. The summed E-state index contributed by atoms with van der Waals surface area (Å²) in [5.74, 6) is -0.288. The van der Waals surface area contributed by atoms with Crippen molar-refractivity contribution in [3.8, 4) is 11.1 Å². The molecule has 0 aliphatic rings. The molecule has 1 amide bonds. The van der Waals surface area contributed by atoms with Gasteiger partial charge < -0.3 is 10.2 Å². The van der Waals surface area contributed by atoms with Gasteiger partial charge in [-0.05, 0) is 38.0 Å². The first-order valence-corrected chi connectivity index (χ1v) is 9.67. The van der Waals surface area contributed by atoms with E-state index in [1.165, 1.54) is 4.68 Å². The molecule has 3 rings (SSSR count). The summed E-state index contributed by atoms with van der Waals surface area (Å²) in [7, 11) is 1.71. The van der Waals surface area contributed by atoms with E-state index in [9.17, 15) is 4.79 Å². The Balaban J connectivity index is 1.88. The number of hydrogen-bond donors (Lipinski definition) is 1. The monoisotopic (exact) mass is 410 g/mol. The number of para-hydroxylation sites is 1. The number of oxime groups is 1. The average molecular weight is 411 g/mol. The fraction of sp³-hybridized carbons (Fsp3) is 0.227. The third-order valence-electron chi connectivity index (χ3n) is 4.50. The Bertz CT molecular complexity index is 1060. The molecule has 0 unspecified atom stereocenters. The molecule has 0 saturated heterocycles. The van der Waals surface area contributed by atoms with Crippen LogP contribution in [0.15, 0.2) is 53.7 Å². The second-order valence-corrected chi connectivity index (χ2v) is 6.90. The lowest BCUT2D eigenvalue weighted by molar-refractivity contribution is 0.102. The zero-order chi connectivity index (χ0) is 21.0. The number of nitrogens with zero attached hydrogens (tertiary/aromatic N) is 3. The number of halogens is 1. The van der Waals surface area contributed by atoms with Crippen LogP contribution in [0, 0.1) is 6.92 Å². The summed E-state index contributed by atoms with van der Waals surface area (Å²) in [5, 5.41) is 11.5. The van der Waals surface area contributed by atoms with Gasteiger partial charge in [-0.25, -0.2) is 0 Å². The zero-order valence-electron chi connectivity index (χ0n) is 16.9. The molecule has 0 bridgehead atoms. The summed E-state index contributed by atoms with van der Waals surface area (Å²) in [6.07, 6.45) is 0. The van der Waals surface area contributed by atoms with Crippen molar-refractivity contribution in [2.45, 2.75) is 20.8 Å². The van der Waals surface area contributed by atoms with Crippen LogP contribution in [0.2, 0.25) is 5.15 Å². The summed E-state index contributed by atoms with van der Waals surface area (Å²) in [6, 6.07) is 15.6. The number of benzene rings is 2. The van der Waals surface area contributed by atoms with Crippen LogP contribution in [-0.4, -0.2) is 28.0 Å². The predicted octanol–water partition coefficient (Wildman–Crippen LogP) is 5.06. The third-order valence-corrected chi connectivity index (χ3v) is 4.93. The Morgan fingerprint density at radius 1 is 1.21 bits per heavy atom. The van der Waals surface area contributed by atoms with E-state index in [1.807, 2.05) is 62.4 Å². The van der Waals surface area contributed by atoms with Gasteiger partial charge in [-0.3, -0.25) is 9.48 Å².